The molecule has 0 aliphatic heterocycles. The van der Waals surface area contributed by atoms with Gasteiger partial charge in [-0.3, -0.25) is 10.3 Å². The molecular weight excluding hydrogens is 498 g/mol. The normalized spacial score (nSPS) is 11.4. The van der Waals surface area contributed by atoms with Crippen LogP contribution in [-0.4, -0.2) is 20.8 Å². The maximum absolute atomic E-state index is 13.3. The van der Waals surface area contributed by atoms with Gasteiger partial charge in [-0.2, -0.15) is 5.10 Å². The molecule has 0 atom stereocenters. The zero-order chi connectivity index (χ0) is 28.3. The molecule has 0 saturated heterocycles. The molecule has 40 heavy (non-hydrogen) atoms. The lowest BCUT2D eigenvalue weighted by atomic mass is 9.92. The van der Waals surface area contributed by atoms with Crippen molar-refractivity contribution in [3.63, 3.8) is 0 Å². The van der Waals surface area contributed by atoms with Gasteiger partial charge in [0.15, 0.2) is 0 Å². The Morgan fingerprint density at radius 3 is 2.40 bits per heavy atom. The molecule has 5 rings (SSSR count). The smallest absolute Gasteiger partial charge is 0.324 e. The van der Waals surface area contributed by atoms with E-state index >= 15 is 0 Å². The van der Waals surface area contributed by atoms with E-state index in [9.17, 15) is 4.79 Å². The predicted octanol–water partition coefficient (Wildman–Crippen LogP) is 7.81. The van der Waals surface area contributed by atoms with E-state index in [-0.39, 0.29) is 11.4 Å². The number of rotatable bonds is 7. The lowest BCUT2D eigenvalue weighted by Gasteiger charge is -2.15. The molecule has 0 aliphatic rings. The molecule has 0 unspecified atom stereocenters. The first-order valence-electron chi connectivity index (χ1n) is 13.5. The molecule has 0 saturated carbocycles. The number of aryl methyl sites for hydroxylation is 2. The number of nitrogens with one attached hydrogen (secondary N) is 2. The molecule has 0 aliphatic carbocycles. The minimum atomic E-state index is -0.350. The van der Waals surface area contributed by atoms with Crippen molar-refractivity contribution in [3.8, 4) is 11.4 Å². The number of fused-ring (bicyclic) bond motifs is 1. The third kappa shape index (κ3) is 5.83. The number of carbonyl (C=O) groups excluding carboxylic acids is 1. The van der Waals surface area contributed by atoms with Gasteiger partial charge in [0.1, 0.15) is 18.2 Å². The number of nitrogens with zero attached hydrogens (tertiary/aromatic N) is 3. The van der Waals surface area contributed by atoms with Crippen LogP contribution in [0.25, 0.3) is 16.5 Å². The lowest BCUT2D eigenvalue weighted by Crippen LogP contribution is -2.21. The molecule has 3 aromatic carbocycles. The van der Waals surface area contributed by atoms with Crippen LogP contribution >= 0.6 is 0 Å². The molecule has 2 aromatic heterocycles. The van der Waals surface area contributed by atoms with Crippen molar-refractivity contribution in [2.45, 2.75) is 53.1 Å². The minimum Gasteiger partial charge on any atom is -0.488 e. The molecule has 0 radical (unpaired) electrons. The zero-order valence-electron chi connectivity index (χ0n) is 23.7. The number of anilines is 2. The highest BCUT2D eigenvalue weighted by atomic mass is 16.5. The van der Waals surface area contributed by atoms with E-state index in [1.807, 2.05) is 85.9 Å². The van der Waals surface area contributed by atoms with E-state index in [1.54, 1.807) is 10.9 Å². The summed E-state index contributed by atoms with van der Waals surface area (Å²) >= 11 is 0. The number of aromatic nitrogens is 3. The van der Waals surface area contributed by atoms with E-state index in [1.165, 1.54) is 5.56 Å². The first-order valence-corrected chi connectivity index (χ1v) is 13.5. The first-order chi connectivity index (χ1) is 19.2. The molecule has 0 spiro atoms. The quantitative estimate of drug-likeness (QED) is 0.224. The highest BCUT2D eigenvalue weighted by Crippen LogP contribution is 2.33. The van der Waals surface area contributed by atoms with Gasteiger partial charge in [0, 0.05) is 34.6 Å². The molecular formula is C33H35N5O2. The number of benzene rings is 3. The maximum Gasteiger partial charge on any atom is 0.324 e. The van der Waals surface area contributed by atoms with Crippen LogP contribution < -0.4 is 15.4 Å². The number of pyridine rings is 1. The Bertz CT molecular complexity index is 1650. The van der Waals surface area contributed by atoms with Gasteiger partial charge >= 0.3 is 6.03 Å². The highest BCUT2D eigenvalue weighted by molar-refractivity contribution is 6.07. The molecule has 2 heterocycles. The molecule has 2 N–H and O–H groups in total. The Hall–Kier alpha value is -4.65. The van der Waals surface area contributed by atoms with Crippen LogP contribution in [0.15, 0.2) is 85.2 Å². The summed E-state index contributed by atoms with van der Waals surface area (Å²) in [6.07, 6.45) is 4.57. The van der Waals surface area contributed by atoms with Crippen molar-refractivity contribution in [1.29, 1.82) is 0 Å². The monoisotopic (exact) mass is 533 g/mol. The highest BCUT2D eigenvalue weighted by Gasteiger charge is 2.22. The average molecular weight is 534 g/mol. The van der Waals surface area contributed by atoms with Crippen LogP contribution in [0.1, 0.15) is 50.1 Å². The van der Waals surface area contributed by atoms with Crippen molar-refractivity contribution in [1.82, 2.24) is 14.8 Å². The number of urea groups is 1. The molecule has 0 fully saturated rings. The number of amides is 2. The maximum atomic E-state index is 13.3. The van der Waals surface area contributed by atoms with Crippen LogP contribution in [0.5, 0.6) is 5.75 Å². The zero-order valence-corrected chi connectivity index (χ0v) is 23.7. The van der Waals surface area contributed by atoms with Gasteiger partial charge in [0.05, 0.1) is 17.1 Å². The van der Waals surface area contributed by atoms with Crippen LogP contribution in [0.2, 0.25) is 0 Å². The van der Waals surface area contributed by atoms with Crippen molar-refractivity contribution in [2.24, 2.45) is 0 Å². The second-order valence-corrected chi connectivity index (χ2v) is 10.9. The van der Waals surface area contributed by atoms with Gasteiger partial charge in [-0.05, 0) is 54.8 Å². The molecule has 7 heteroatoms. The van der Waals surface area contributed by atoms with Gasteiger partial charge in [-0.25, -0.2) is 9.48 Å². The first kappa shape index (κ1) is 26.9. The van der Waals surface area contributed by atoms with E-state index in [2.05, 4.69) is 43.3 Å². The number of hydrogen-bond donors (Lipinski definition) is 2. The summed E-state index contributed by atoms with van der Waals surface area (Å²) in [5, 5.41) is 12.7. The Labute approximate surface area is 235 Å². The molecule has 5 aromatic rings. The summed E-state index contributed by atoms with van der Waals surface area (Å²) in [7, 11) is 0. The topological polar surface area (TPSA) is 81.1 Å². The Morgan fingerprint density at radius 1 is 0.925 bits per heavy atom. The largest absolute Gasteiger partial charge is 0.488 e. The van der Waals surface area contributed by atoms with E-state index in [0.717, 1.165) is 45.5 Å². The fourth-order valence-electron chi connectivity index (χ4n) is 4.57. The van der Waals surface area contributed by atoms with Crippen LogP contribution in [0.3, 0.4) is 0 Å². The van der Waals surface area contributed by atoms with Crippen molar-refractivity contribution in [2.75, 3.05) is 10.6 Å². The number of carbonyl (C=O) groups is 1. The average Bonchev–Trinajstić information content (AvgIpc) is 3.37. The Balaban J connectivity index is 1.39. The SMILES string of the molecule is CCc1cnccc1COc1ccc(NC(=O)Nc2cc(C(C)(C)C)nn2-c2ccc(C)cc2)c2ccccc12. The van der Waals surface area contributed by atoms with E-state index in [0.29, 0.717) is 18.1 Å². The van der Waals surface area contributed by atoms with E-state index in [4.69, 9.17) is 9.84 Å². The lowest BCUT2D eigenvalue weighted by molar-refractivity contribution is 0.262. The van der Waals surface area contributed by atoms with Crippen molar-refractivity contribution < 1.29 is 9.53 Å². The standard InChI is InChI=1S/C33H35N5O2/c1-6-23-20-34-18-17-24(23)21-40-29-16-15-28(26-9-7-8-10-27(26)29)35-32(39)36-31-19-30(33(3,4)5)37-38(31)25-13-11-22(2)12-14-25/h7-20H,6,21H2,1-5H3,(H2,35,36,39). The van der Waals surface area contributed by atoms with Gasteiger partial charge in [0.2, 0.25) is 0 Å². The molecule has 2 amide bonds. The summed E-state index contributed by atoms with van der Waals surface area (Å²) in [6, 6.07) is 23.3. The van der Waals surface area contributed by atoms with Gasteiger partial charge in [0.25, 0.3) is 0 Å². The predicted molar refractivity (Wildman–Crippen MR) is 162 cm³/mol. The Morgan fingerprint density at radius 2 is 1.68 bits per heavy atom. The minimum absolute atomic E-state index is 0.178. The van der Waals surface area contributed by atoms with Crippen LogP contribution in [0.4, 0.5) is 16.3 Å². The summed E-state index contributed by atoms with van der Waals surface area (Å²) in [4.78, 5) is 17.5. The summed E-state index contributed by atoms with van der Waals surface area (Å²) in [6.45, 7) is 10.9. The second-order valence-electron chi connectivity index (χ2n) is 10.9. The summed E-state index contributed by atoms with van der Waals surface area (Å²) < 4.78 is 8.02. The number of ether oxygens (including phenoxy) is 1. The fraction of sp³-hybridized carbons (Fsp3) is 0.242. The second kappa shape index (κ2) is 11.2. The van der Waals surface area contributed by atoms with Gasteiger partial charge in [-0.1, -0.05) is 69.7 Å². The summed E-state index contributed by atoms with van der Waals surface area (Å²) in [5.41, 5.74) is 5.72. The molecule has 7 nitrogen and oxygen atoms in total. The van der Waals surface area contributed by atoms with Crippen LogP contribution in [-0.2, 0) is 18.4 Å². The van der Waals surface area contributed by atoms with Gasteiger partial charge < -0.3 is 10.1 Å². The van der Waals surface area contributed by atoms with Crippen molar-refractivity contribution in [3.05, 3.63) is 108 Å². The molecule has 204 valence electrons. The van der Waals surface area contributed by atoms with Crippen LogP contribution in [0, 0.1) is 6.92 Å². The van der Waals surface area contributed by atoms with Crippen molar-refractivity contribution >= 4 is 28.3 Å². The van der Waals surface area contributed by atoms with Gasteiger partial charge in [-0.15, -0.1) is 0 Å². The third-order valence-corrected chi connectivity index (χ3v) is 6.90. The fourth-order valence-corrected chi connectivity index (χ4v) is 4.57. The number of hydrogen-bond acceptors (Lipinski definition) is 4. The summed E-state index contributed by atoms with van der Waals surface area (Å²) in [5.74, 6) is 1.35. The Kier molecular flexibility index (Phi) is 7.56. The molecule has 0 bridgehead atoms. The third-order valence-electron chi connectivity index (χ3n) is 6.90. The van der Waals surface area contributed by atoms with E-state index < -0.39 is 0 Å².